The molecule has 3 heterocycles. The van der Waals surface area contributed by atoms with Gasteiger partial charge in [0.25, 0.3) is 11.8 Å². The average Bonchev–Trinajstić information content (AvgIpc) is 3.33. The van der Waals surface area contributed by atoms with Gasteiger partial charge in [-0.05, 0) is 24.3 Å². The van der Waals surface area contributed by atoms with Crippen molar-refractivity contribution in [3.05, 3.63) is 71.5 Å². The summed E-state index contributed by atoms with van der Waals surface area (Å²) in [7, 11) is 0. The molecule has 5 rings (SSSR count). The van der Waals surface area contributed by atoms with E-state index in [1.165, 1.54) is 12.4 Å². The van der Waals surface area contributed by atoms with Crippen molar-refractivity contribution in [2.45, 2.75) is 0 Å². The molecule has 2 amide bonds. The summed E-state index contributed by atoms with van der Waals surface area (Å²) in [6, 6.07) is 12.3. The van der Waals surface area contributed by atoms with E-state index in [1.807, 2.05) is 23.1 Å². The Morgan fingerprint density at radius 1 is 0.914 bits per heavy atom. The molecule has 0 spiro atoms. The van der Waals surface area contributed by atoms with Gasteiger partial charge in [-0.25, -0.2) is 19.7 Å². The van der Waals surface area contributed by atoms with Crippen LogP contribution < -0.4 is 10.6 Å². The number of carbonyl (C=O) groups excluding carboxylic acids is 2. The number of imidazole rings is 1. The molecule has 2 aromatic heterocycles. The molecule has 4 aromatic rings. The van der Waals surface area contributed by atoms with E-state index >= 15 is 0 Å². The van der Waals surface area contributed by atoms with Crippen molar-refractivity contribution >= 4 is 34.8 Å². The Morgan fingerprint density at radius 3 is 2.23 bits per heavy atom. The van der Waals surface area contributed by atoms with Crippen LogP contribution in [0.1, 0.15) is 31.1 Å². The number of nitrogens with zero attached hydrogens (tertiary/aromatic N) is 5. The number of rotatable bonds is 5. The second-order valence-corrected chi connectivity index (χ2v) is 8.08. The molecule has 1 saturated heterocycles. The number of nitrogens with one attached hydrogen (secondary N) is 1. The van der Waals surface area contributed by atoms with Crippen molar-refractivity contribution in [3.8, 4) is 11.4 Å². The number of anilines is 1. The van der Waals surface area contributed by atoms with Crippen LogP contribution in [0, 0.1) is 0 Å². The average molecular weight is 471 g/mol. The Hall–Kier alpha value is -4.80. The quantitative estimate of drug-likeness (QED) is 0.397. The molecule has 0 aliphatic carbocycles. The van der Waals surface area contributed by atoms with Crippen molar-refractivity contribution < 1.29 is 19.5 Å². The minimum Gasteiger partial charge on any atom is -0.478 e. The predicted octanol–water partition coefficient (Wildman–Crippen LogP) is 1.78. The van der Waals surface area contributed by atoms with E-state index in [0.717, 1.165) is 5.56 Å². The Kier molecular flexibility index (Phi) is 5.57. The van der Waals surface area contributed by atoms with Crippen LogP contribution in [0.15, 0.2) is 54.9 Å². The number of piperazine rings is 1. The van der Waals surface area contributed by atoms with Crippen molar-refractivity contribution in [3.63, 3.8) is 0 Å². The number of benzene rings is 2. The number of H-pyrrole nitrogens is 1. The number of amides is 2. The summed E-state index contributed by atoms with van der Waals surface area (Å²) in [5.74, 6) is -0.682. The zero-order chi connectivity index (χ0) is 24.5. The second kappa shape index (κ2) is 8.86. The first-order valence-corrected chi connectivity index (χ1v) is 10.9. The second-order valence-electron chi connectivity index (χ2n) is 8.08. The summed E-state index contributed by atoms with van der Waals surface area (Å²) >= 11 is 0. The van der Waals surface area contributed by atoms with Crippen molar-refractivity contribution in [1.82, 2.24) is 24.8 Å². The molecule has 0 saturated carbocycles. The molecule has 176 valence electrons. The van der Waals surface area contributed by atoms with Gasteiger partial charge in [-0.2, -0.15) is 0 Å². The van der Waals surface area contributed by atoms with Gasteiger partial charge < -0.3 is 25.6 Å². The monoisotopic (exact) mass is 471 g/mol. The van der Waals surface area contributed by atoms with Crippen molar-refractivity contribution in [2.24, 2.45) is 5.73 Å². The molecule has 35 heavy (non-hydrogen) atoms. The topological polar surface area (TPSA) is 158 Å². The molecule has 2 aromatic carbocycles. The predicted molar refractivity (Wildman–Crippen MR) is 127 cm³/mol. The first kappa shape index (κ1) is 22.0. The van der Waals surface area contributed by atoms with E-state index in [9.17, 15) is 14.4 Å². The number of nitrogens with two attached hydrogens (primary N) is 1. The van der Waals surface area contributed by atoms with Gasteiger partial charge in [-0.15, -0.1) is 0 Å². The summed E-state index contributed by atoms with van der Waals surface area (Å²) in [5.41, 5.74) is 8.37. The van der Waals surface area contributed by atoms with E-state index in [-0.39, 0.29) is 11.5 Å². The van der Waals surface area contributed by atoms with Crippen LogP contribution in [0.2, 0.25) is 0 Å². The van der Waals surface area contributed by atoms with Gasteiger partial charge in [0.05, 0.1) is 16.6 Å². The summed E-state index contributed by atoms with van der Waals surface area (Å²) in [6.07, 6.45) is 2.56. The zero-order valence-corrected chi connectivity index (χ0v) is 18.5. The maximum atomic E-state index is 13.0. The third kappa shape index (κ3) is 4.26. The SMILES string of the molecule is NC(=O)c1cccc2[nH]c(-c3ccc(C(=O)N4CCN(c5ncc(C(=O)O)cn5)CC4)cc3)nc12. The first-order chi connectivity index (χ1) is 16.9. The Labute approximate surface area is 199 Å². The summed E-state index contributed by atoms with van der Waals surface area (Å²) < 4.78 is 0. The number of carbonyl (C=O) groups is 3. The minimum absolute atomic E-state index is 0.0296. The molecule has 0 bridgehead atoms. The fourth-order valence-corrected chi connectivity index (χ4v) is 4.03. The van der Waals surface area contributed by atoms with Gasteiger partial charge in [0.1, 0.15) is 11.3 Å². The highest BCUT2D eigenvalue weighted by Crippen LogP contribution is 2.24. The van der Waals surface area contributed by atoms with E-state index in [2.05, 4.69) is 19.9 Å². The fraction of sp³-hybridized carbons (Fsp3) is 0.167. The standard InChI is InChI=1S/C24H21N7O4/c25-20(32)17-2-1-3-18-19(17)29-21(28-18)14-4-6-15(7-5-14)22(33)30-8-10-31(11-9-30)24-26-12-16(13-27-24)23(34)35/h1-7,12-13H,8-11H2,(H2,25,32)(H,28,29)(H,34,35). The highest BCUT2D eigenvalue weighted by molar-refractivity contribution is 6.04. The van der Waals surface area contributed by atoms with E-state index < -0.39 is 11.9 Å². The third-order valence-corrected chi connectivity index (χ3v) is 5.92. The van der Waals surface area contributed by atoms with Crippen LogP contribution in [0.5, 0.6) is 0 Å². The number of hydrogen-bond acceptors (Lipinski definition) is 7. The van der Waals surface area contributed by atoms with E-state index in [4.69, 9.17) is 10.8 Å². The number of aromatic amines is 1. The lowest BCUT2D eigenvalue weighted by atomic mass is 10.1. The fourth-order valence-electron chi connectivity index (χ4n) is 4.03. The van der Waals surface area contributed by atoms with Gasteiger partial charge in [0, 0.05) is 49.7 Å². The Morgan fingerprint density at radius 2 is 1.60 bits per heavy atom. The van der Waals surface area contributed by atoms with Crippen LogP contribution in [0.3, 0.4) is 0 Å². The molecule has 1 aliphatic heterocycles. The zero-order valence-electron chi connectivity index (χ0n) is 18.5. The molecule has 4 N–H and O–H groups in total. The smallest absolute Gasteiger partial charge is 0.338 e. The summed E-state index contributed by atoms with van der Waals surface area (Å²) in [5, 5.41) is 8.98. The molecule has 1 aliphatic rings. The van der Waals surface area contributed by atoms with Gasteiger partial charge in [0.2, 0.25) is 5.95 Å². The molecule has 1 fully saturated rings. The van der Waals surface area contributed by atoms with E-state index in [0.29, 0.717) is 60.1 Å². The van der Waals surface area contributed by atoms with Crippen LogP contribution in [0.25, 0.3) is 22.4 Å². The molecule has 11 heteroatoms. The highest BCUT2D eigenvalue weighted by Gasteiger charge is 2.24. The molecule has 11 nitrogen and oxygen atoms in total. The van der Waals surface area contributed by atoms with Crippen LogP contribution in [0.4, 0.5) is 5.95 Å². The lowest BCUT2D eigenvalue weighted by Crippen LogP contribution is -2.49. The van der Waals surface area contributed by atoms with Gasteiger partial charge in [-0.1, -0.05) is 18.2 Å². The lowest BCUT2D eigenvalue weighted by molar-refractivity contribution is 0.0693. The lowest BCUT2D eigenvalue weighted by Gasteiger charge is -2.34. The molecular weight excluding hydrogens is 450 g/mol. The molecular formula is C24H21N7O4. The Balaban J connectivity index is 1.26. The number of carboxylic acid groups (broad SMARTS) is 1. The number of primary amides is 1. The number of aromatic nitrogens is 4. The largest absolute Gasteiger partial charge is 0.478 e. The van der Waals surface area contributed by atoms with Crippen molar-refractivity contribution in [1.29, 1.82) is 0 Å². The number of carboxylic acids is 1. The maximum Gasteiger partial charge on any atom is 0.338 e. The molecule has 0 atom stereocenters. The normalized spacial score (nSPS) is 13.7. The number of aromatic carboxylic acids is 1. The van der Waals surface area contributed by atoms with Crippen molar-refractivity contribution in [2.75, 3.05) is 31.1 Å². The van der Waals surface area contributed by atoms with Gasteiger partial charge in [-0.3, -0.25) is 9.59 Å². The third-order valence-electron chi connectivity index (χ3n) is 5.92. The summed E-state index contributed by atoms with van der Waals surface area (Å²) in [6.45, 7) is 2.06. The number of para-hydroxylation sites is 1. The van der Waals surface area contributed by atoms with E-state index in [1.54, 1.807) is 29.2 Å². The Bertz CT molecular complexity index is 1420. The molecule has 0 unspecified atom stereocenters. The number of hydrogen-bond donors (Lipinski definition) is 3. The molecule has 0 radical (unpaired) electrons. The van der Waals surface area contributed by atoms with Crippen LogP contribution in [-0.2, 0) is 0 Å². The van der Waals surface area contributed by atoms with Gasteiger partial charge >= 0.3 is 5.97 Å². The van der Waals surface area contributed by atoms with Crippen LogP contribution >= 0.6 is 0 Å². The first-order valence-electron chi connectivity index (χ1n) is 10.9. The van der Waals surface area contributed by atoms with Crippen LogP contribution in [-0.4, -0.2) is 73.9 Å². The van der Waals surface area contributed by atoms with Gasteiger partial charge in [0.15, 0.2) is 0 Å². The highest BCUT2D eigenvalue weighted by atomic mass is 16.4. The summed E-state index contributed by atoms with van der Waals surface area (Å²) in [4.78, 5) is 55.2. The maximum absolute atomic E-state index is 13.0. The minimum atomic E-state index is -1.08. The number of fused-ring (bicyclic) bond motifs is 1.